The molecule has 0 radical (unpaired) electrons. The van der Waals surface area contributed by atoms with E-state index in [1.165, 1.54) is 0 Å². The summed E-state index contributed by atoms with van der Waals surface area (Å²) in [5, 5.41) is 22.6. The summed E-state index contributed by atoms with van der Waals surface area (Å²) in [6.07, 6.45) is 4.01. The van der Waals surface area contributed by atoms with Crippen molar-refractivity contribution in [2.75, 3.05) is 31.8 Å². The predicted molar refractivity (Wildman–Crippen MR) is 133 cm³/mol. The molecule has 12 nitrogen and oxygen atoms in total. The molecule has 13 heteroatoms. The third kappa shape index (κ3) is 4.69. The van der Waals surface area contributed by atoms with E-state index in [2.05, 4.69) is 30.4 Å². The zero-order valence-electron chi connectivity index (χ0n) is 20.5. The topological polar surface area (TPSA) is 140 Å². The van der Waals surface area contributed by atoms with Crippen LogP contribution in [0.5, 0.6) is 0 Å². The molecule has 5 rings (SSSR count). The summed E-state index contributed by atoms with van der Waals surface area (Å²) in [6.45, 7) is 3.79. The lowest BCUT2D eigenvalue weighted by Crippen LogP contribution is -2.25. The number of benzene rings is 1. The van der Waals surface area contributed by atoms with Crippen molar-refractivity contribution < 1.29 is 18.3 Å². The van der Waals surface area contributed by atoms with Crippen LogP contribution in [-0.4, -0.2) is 86.6 Å². The molecule has 0 spiro atoms. The van der Waals surface area contributed by atoms with Crippen molar-refractivity contribution in [3.8, 4) is 5.82 Å². The van der Waals surface area contributed by atoms with Crippen molar-refractivity contribution in [3.05, 3.63) is 47.9 Å². The van der Waals surface area contributed by atoms with Crippen LogP contribution in [0.3, 0.4) is 0 Å². The molecule has 4 aromatic rings. The Morgan fingerprint density at radius 2 is 2.03 bits per heavy atom. The summed E-state index contributed by atoms with van der Waals surface area (Å²) in [5.74, 6) is 0.925. The van der Waals surface area contributed by atoms with Crippen LogP contribution in [-0.2, 0) is 28.2 Å². The highest BCUT2D eigenvalue weighted by Crippen LogP contribution is 2.26. The smallest absolute Gasteiger partial charge is 0.229 e. The van der Waals surface area contributed by atoms with Gasteiger partial charge in [-0.25, -0.2) is 18.1 Å². The fraction of sp³-hybridized carbons (Fsp3) is 0.391. The van der Waals surface area contributed by atoms with Gasteiger partial charge in [0, 0.05) is 75.1 Å². The Morgan fingerprint density at radius 3 is 2.75 bits per heavy atom. The second-order valence-corrected chi connectivity index (χ2v) is 10.9. The molecule has 3 aromatic heterocycles. The van der Waals surface area contributed by atoms with Crippen LogP contribution in [0.1, 0.15) is 11.3 Å². The Hall–Kier alpha value is -3.39. The Labute approximate surface area is 208 Å². The second kappa shape index (κ2) is 9.24. The lowest BCUT2D eigenvalue weighted by Gasteiger charge is -2.14. The van der Waals surface area contributed by atoms with Gasteiger partial charge in [-0.15, -0.1) is 0 Å². The normalized spacial score (nSPS) is 18.8. The molecule has 0 saturated carbocycles. The molecule has 1 fully saturated rings. The monoisotopic (exact) mass is 512 g/mol. The first-order valence-corrected chi connectivity index (χ1v) is 13.3. The highest BCUT2D eigenvalue weighted by atomic mass is 32.2. The van der Waals surface area contributed by atoms with Crippen LogP contribution < -0.4 is 5.32 Å². The number of rotatable bonds is 7. The number of hydrogen-bond acceptors (Lipinski definition) is 10. The summed E-state index contributed by atoms with van der Waals surface area (Å²) in [7, 11) is -0.167. The number of ether oxygens (including phenoxy) is 1. The van der Waals surface area contributed by atoms with Crippen LogP contribution >= 0.6 is 0 Å². The number of fused-ring (bicyclic) bond motifs is 1. The van der Waals surface area contributed by atoms with Gasteiger partial charge in [0.1, 0.15) is 0 Å². The van der Waals surface area contributed by atoms with E-state index in [1.54, 1.807) is 47.9 Å². The van der Waals surface area contributed by atoms with Crippen LogP contribution in [0.4, 0.5) is 11.6 Å². The van der Waals surface area contributed by atoms with Gasteiger partial charge in [-0.1, -0.05) is 0 Å². The number of aryl methyl sites for hydroxylation is 2. The summed E-state index contributed by atoms with van der Waals surface area (Å²) in [4.78, 5) is 11.0. The molecule has 0 aliphatic carbocycles. The average Bonchev–Trinajstić information content (AvgIpc) is 3.48. The van der Waals surface area contributed by atoms with E-state index in [4.69, 9.17) is 4.74 Å². The van der Waals surface area contributed by atoms with Crippen molar-refractivity contribution >= 4 is 32.4 Å². The molecule has 36 heavy (non-hydrogen) atoms. The Kier molecular flexibility index (Phi) is 6.24. The molecular formula is C23H28N8O4S. The molecular weight excluding hydrogens is 484 g/mol. The molecule has 0 unspecified atom stereocenters. The standard InChI is InChI=1S/C23H28N8O4S/c1-14-15(10-30-12-19(32)20(13-30)35-3)11-31(27-14)21-7-8-24-23(26-21)25-16-5-6-18-17(9-16)22(28-29(18)2)36(4,33)34/h5-9,11,19-20,32H,10,12-13H2,1-4H3,(H,24,25,26)/t19-,20+/m0/s1. The predicted octanol–water partition coefficient (Wildman–Crippen LogP) is 1.20. The molecule has 1 aliphatic rings. The van der Waals surface area contributed by atoms with Gasteiger partial charge in [0.25, 0.3) is 0 Å². The van der Waals surface area contributed by atoms with Crippen molar-refractivity contribution in [1.82, 2.24) is 34.4 Å². The van der Waals surface area contributed by atoms with Crippen LogP contribution in [0.2, 0.25) is 0 Å². The highest BCUT2D eigenvalue weighted by molar-refractivity contribution is 7.90. The SMILES string of the molecule is CO[C@@H]1CN(Cc2cn(-c3ccnc(Nc4ccc5c(c4)c(S(C)(=O)=O)nn5C)n3)nc2C)C[C@@H]1O. The number of aliphatic hydroxyl groups is 1. The maximum absolute atomic E-state index is 12.2. The van der Waals surface area contributed by atoms with Crippen LogP contribution in [0.25, 0.3) is 16.7 Å². The number of likely N-dealkylation sites (tertiary alicyclic amines) is 1. The van der Waals surface area contributed by atoms with E-state index in [9.17, 15) is 13.5 Å². The van der Waals surface area contributed by atoms with Gasteiger partial charge in [-0.2, -0.15) is 15.2 Å². The summed E-state index contributed by atoms with van der Waals surface area (Å²) in [5.41, 5.74) is 3.24. The van der Waals surface area contributed by atoms with Gasteiger partial charge in [-0.3, -0.25) is 9.58 Å². The Balaban J connectivity index is 1.37. The highest BCUT2D eigenvalue weighted by Gasteiger charge is 2.31. The molecule has 1 aromatic carbocycles. The Morgan fingerprint density at radius 1 is 1.22 bits per heavy atom. The van der Waals surface area contributed by atoms with Crippen LogP contribution in [0, 0.1) is 6.92 Å². The van der Waals surface area contributed by atoms with E-state index in [1.807, 2.05) is 19.2 Å². The maximum atomic E-state index is 12.2. The van der Waals surface area contributed by atoms with E-state index in [0.717, 1.165) is 17.5 Å². The largest absolute Gasteiger partial charge is 0.389 e. The first-order valence-electron chi connectivity index (χ1n) is 11.4. The van der Waals surface area contributed by atoms with Crippen molar-refractivity contribution in [3.63, 3.8) is 0 Å². The minimum Gasteiger partial charge on any atom is -0.389 e. The number of methoxy groups -OCH3 is 1. The van der Waals surface area contributed by atoms with Gasteiger partial charge >= 0.3 is 0 Å². The number of anilines is 2. The number of β-amino-alcohol motifs (C(OH)–C–C–N with tert-alkyl or cyclic N) is 1. The Bertz CT molecular complexity index is 1530. The number of sulfone groups is 1. The second-order valence-electron chi connectivity index (χ2n) is 9.02. The van der Waals surface area contributed by atoms with Gasteiger partial charge < -0.3 is 15.2 Å². The van der Waals surface area contributed by atoms with E-state index in [-0.39, 0.29) is 11.1 Å². The molecule has 1 aliphatic heterocycles. The van der Waals surface area contributed by atoms with Crippen molar-refractivity contribution in [1.29, 1.82) is 0 Å². The number of nitrogens with zero attached hydrogens (tertiary/aromatic N) is 7. The molecule has 190 valence electrons. The van der Waals surface area contributed by atoms with Crippen LogP contribution in [0.15, 0.2) is 41.7 Å². The van der Waals surface area contributed by atoms with Crippen molar-refractivity contribution in [2.45, 2.75) is 30.7 Å². The average molecular weight is 513 g/mol. The van der Waals surface area contributed by atoms with Gasteiger partial charge in [0.15, 0.2) is 20.7 Å². The van der Waals surface area contributed by atoms with E-state index < -0.39 is 15.9 Å². The number of aromatic nitrogens is 6. The molecule has 0 amide bonds. The zero-order chi connectivity index (χ0) is 25.6. The summed E-state index contributed by atoms with van der Waals surface area (Å²) < 4.78 is 32.9. The molecule has 2 N–H and O–H groups in total. The molecule has 1 saturated heterocycles. The lowest BCUT2D eigenvalue weighted by molar-refractivity contribution is 0.0215. The minimum absolute atomic E-state index is 0.0280. The molecule has 2 atom stereocenters. The minimum atomic E-state index is -3.49. The van der Waals surface area contributed by atoms with E-state index in [0.29, 0.717) is 48.0 Å². The fourth-order valence-corrected chi connectivity index (χ4v) is 5.29. The van der Waals surface area contributed by atoms with Gasteiger partial charge in [0.2, 0.25) is 5.95 Å². The number of hydrogen-bond donors (Lipinski definition) is 2. The van der Waals surface area contributed by atoms with Gasteiger partial charge in [-0.05, 0) is 25.1 Å². The van der Waals surface area contributed by atoms with Crippen molar-refractivity contribution in [2.24, 2.45) is 7.05 Å². The summed E-state index contributed by atoms with van der Waals surface area (Å²) in [6, 6.07) is 7.10. The maximum Gasteiger partial charge on any atom is 0.229 e. The quantitative estimate of drug-likeness (QED) is 0.371. The van der Waals surface area contributed by atoms with Gasteiger partial charge in [0.05, 0.1) is 23.4 Å². The third-order valence-electron chi connectivity index (χ3n) is 6.31. The summed E-state index contributed by atoms with van der Waals surface area (Å²) >= 11 is 0. The number of aliphatic hydroxyl groups excluding tert-OH is 1. The first-order chi connectivity index (χ1) is 17.1. The van der Waals surface area contributed by atoms with E-state index >= 15 is 0 Å². The number of nitrogens with one attached hydrogen (secondary N) is 1. The fourth-order valence-electron chi connectivity index (χ4n) is 4.45. The third-order valence-corrected chi connectivity index (χ3v) is 7.31. The lowest BCUT2D eigenvalue weighted by atomic mass is 10.2. The molecule has 0 bridgehead atoms. The molecule has 4 heterocycles. The zero-order valence-corrected chi connectivity index (χ0v) is 21.3. The first kappa shape index (κ1) is 24.3.